The molecule has 0 radical (unpaired) electrons. The fourth-order valence-corrected chi connectivity index (χ4v) is 2.31. The quantitative estimate of drug-likeness (QED) is 0.846. The van der Waals surface area contributed by atoms with E-state index in [4.69, 9.17) is 16.3 Å². The van der Waals surface area contributed by atoms with Gasteiger partial charge in [0.15, 0.2) is 0 Å². The summed E-state index contributed by atoms with van der Waals surface area (Å²) in [6, 6.07) is 4.01. The van der Waals surface area contributed by atoms with Gasteiger partial charge >= 0.3 is 6.09 Å². The highest BCUT2D eigenvalue weighted by molar-refractivity contribution is 6.30. The molecule has 0 unspecified atom stereocenters. The second kappa shape index (κ2) is 5.00. The second-order valence-electron chi connectivity index (χ2n) is 5.93. The van der Waals surface area contributed by atoms with Crippen LogP contribution in [0.25, 0.3) is 0 Å². The Morgan fingerprint density at radius 3 is 2.74 bits per heavy atom. The summed E-state index contributed by atoms with van der Waals surface area (Å²) >= 11 is 6.12. The third-order valence-electron chi connectivity index (χ3n) is 2.91. The molecule has 4 nitrogen and oxygen atoms in total. The molecule has 1 saturated carbocycles. The molecule has 0 spiro atoms. The first-order chi connectivity index (χ1) is 8.76. The number of carbonyl (C=O) groups is 1. The first-order valence-corrected chi connectivity index (χ1v) is 6.76. The van der Waals surface area contributed by atoms with Gasteiger partial charge in [0.1, 0.15) is 10.8 Å². The van der Waals surface area contributed by atoms with Crippen LogP contribution in [-0.4, -0.2) is 22.7 Å². The maximum absolute atomic E-state index is 11.6. The summed E-state index contributed by atoms with van der Waals surface area (Å²) < 4.78 is 5.22. The first-order valence-electron chi connectivity index (χ1n) is 6.39. The number of amides is 1. The summed E-state index contributed by atoms with van der Waals surface area (Å²) in [5.74, 6) is 0.244. The number of aromatic nitrogens is 1. The lowest BCUT2D eigenvalue weighted by Gasteiger charge is -2.19. The number of halogens is 1. The van der Waals surface area contributed by atoms with Crippen molar-refractivity contribution in [1.29, 1.82) is 0 Å². The van der Waals surface area contributed by atoms with Gasteiger partial charge in [0.05, 0.1) is 0 Å². The van der Waals surface area contributed by atoms with E-state index in [0.717, 1.165) is 17.7 Å². The lowest BCUT2D eigenvalue weighted by atomic mass is 10.2. The zero-order chi connectivity index (χ0) is 14.2. The number of nitrogens with one attached hydrogen (secondary N) is 1. The van der Waals surface area contributed by atoms with Gasteiger partial charge in [0.25, 0.3) is 0 Å². The molecule has 0 bridgehead atoms. The van der Waals surface area contributed by atoms with E-state index >= 15 is 0 Å². The van der Waals surface area contributed by atoms with Gasteiger partial charge in [-0.3, -0.25) is 0 Å². The molecule has 5 heteroatoms. The molecule has 2 atom stereocenters. The van der Waals surface area contributed by atoms with Gasteiger partial charge in [-0.25, -0.2) is 9.78 Å². The lowest BCUT2D eigenvalue weighted by Crippen LogP contribution is -2.34. The fourth-order valence-electron chi connectivity index (χ4n) is 1.97. The zero-order valence-corrected chi connectivity index (χ0v) is 12.4. The Morgan fingerprint density at radius 1 is 1.47 bits per heavy atom. The van der Waals surface area contributed by atoms with Crippen molar-refractivity contribution in [1.82, 2.24) is 10.3 Å². The molecule has 1 aromatic rings. The van der Waals surface area contributed by atoms with Crippen LogP contribution in [0.3, 0.4) is 0 Å². The molecule has 19 heavy (non-hydrogen) atoms. The van der Waals surface area contributed by atoms with Crippen LogP contribution >= 0.6 is 11.6 Å². The number of hydrogen-bond donors (Lipinski definition) is 1. The summed E-state index contributed by atoms with van der Waals surface area (Å²) in [5, 5.41) is 3.38. The molecule has 1 heterocycles. The van der Waals surface area contributed by atoms with E-state index in [1.165, 1.54) is 0 Å². The molecule has 0 saturated heterocycles. The fraction of sp³-hybridized carbons (Fsp3) is 0.571. The van der Waals surface area contributed by atoms with Gasteiger partial charge in [-0.1, -0.05) is 17.7 Å². The molecule has 1 N–H and O–H groups in total. The summed E-state index contributed by atoms with van der Waals surface area (Å²) in [5.41, 5.74) is 1.41. The molecule has 1 aliphatic carbocycles. The molecule has 1 aromatic heterocycles. The number of aryl methyl sites for hydroxylation is 1. The number of carbonyl (C=O) groups excluding carboxylic acids is 1. The third kappa shape index (κ3) is 3.83. The monoisotopic (exact) mass is 282 g/mol. The minimum atomic E-state index is -0.475. The Hall–Kier alpha value is -1.29. The average Bonchev–Trinajstić information content (AvgIpc) is 2.93. The summed E-state index contributed by atoms with van der Waals surface area (Å²) in [7, 11) is 0. The van der Waals surface area contributed by atoms with Gasteiger partial charge in [-0.2, -0.15) is 0 Å². The van der Waals surface area contributed by atoms with Crippen LogP contribution in [-0.2, 0) is 4.74 Å². The standard InChI is InChI=1S/C14H19ClN2O2/c1-8-5-6-9(12(15)16-8)10-7-11(10)17-13(18)19-14(2,3)4/h5-6,10-11H,7H2,1-4H3,(H,17,18)/t10-,11+/m0/s1. The van der Waals surface area contributed by atoms with E-state index in [-0.39, 0.29) is 18.1 Å². The van der Waals surface area contributed by atoms with Crippen LogP contribution in [0.15, 0.2) is 12.1 Å². The van der Waals surface area contributed by atoms with Crippen molar-refractivity contribution in [3.8, 4) is 0 Å². The van der Waals surface area contributed by atoms with E-state index < -0.39 is 5.60 Å². The molecular formula is C14H19ClN2O2. The predicted molar refractivity (Wildman–Crippen MR) is 74.5 cm³/mol. The van der Waals surface area contributed by atoms with Crippen molar-refractivity contribution >= 4 is 17.7 Å². The molecule has 104 valence electrons. The average molecular weight is 283 g/mol. The zero-order valence-electron chi connectivity index (χ0n) is 11.7. The van der Waals surface area contributed by atoms with E-state index in [1.807, 2.05) is 39.8 Å². The Labute approximate surface area is 118 Å². The van der Waals surface area contributed by atoms with E-state index in [9.17, 15) is 4.79 Å². The van der Waals surface area contributed by atoms with Crippen LogP contribution < -0.4 is 5.32 Å². The maximum atomic E-state index is 11.6. The number of ether oxygens (including phenoxy) is 1. The molecule has 0 aromatic carbocycles. The minimum absolute atomic E-state index is 0.0943. The van der Waals surface area contributed by atoms with Crippen LogP contribution in [0.1, 0.15) is 44.4 Å². The summed E-state index contributed by atoms with van der Waals surface area (Å²) in [6.45, 7) is 7.44. The summed E-state index contributed by atoms with van der Waals surface area (Å²) in [4.78, 5) is 15.9. The van der Waals surface area contributed by atoms with Crippen molar-refractivity contribution in [3.63, 3.8) is 0 Å². The highest BCUT2D eigenvalue weighted by atomic mass is 35.5. The van der Waals surface area contributed by atoms with E-state index in [2.05, 4.69) is 10.3 Å². The Morgan fingerprint density at radius 2 is 2.16 bits per heavy atom. The second-order valence-corrected chi connectivity index (χ2v) is 6.29. The van der Waals surface area contributed by atoms with Crippen molar-refractivity contribution in [2.45, 2.75) is 51.7 Å². The molecule has 0 aliphatic heterocycles. The number of hydrogen-bond acceptors (Lipinski definition) is 3. The van der Waals surface area contributed by atoms with Crippen LogP contribution in [0, 0.1) is 6.92 Å². The molecular weight excluding hydrogens is 264 g/mol. The number of alkyl carbamates (subject to hydrolysis) is 1. The SMILES string of the molecule is Cc1ccc([C@@H]2C[C@H]2NC(=O)OC(C)(C)C)c(Cl)n1. The third-order valence-corrected chi connectivity index (χ3v) is 3.21. The molecule has 1 aliphatic rings. The topological polar surface area (TPSA) is 51.2 Å². The normalized spacial score (nSPS) is 21.9. The van der Waals surface area contributed by atoms with Crippen molar-refractivity contribution in [2.75, 3.05) is 0 Å². The van der Waals surface area contributed by atoms with Gasteiger partial charge < -0.3 is 10.1 Å². The highest BCUT2D eigenvalue weighted by Gasteiger charge is 2.41. The van der Waals surface area contributed by atoms with E-state index in [1.54, 1.807) is 0 Å². The van der Waals surface area contributed by atoms with Gasteiger partial charge in [0, 0.05) is 17.7 Å². The van der Waals surface area contributed by atoms with Crippen LogP contribution in [0.2, 0.25) is 5.15 Å². The number of nitrogens with zero attached hydrogens (tertiary/aromatic N) is 1. The maximum Gasteiger partial charge on any atom is 0.407 e. The molecule has 2 rings (SSSR count). The minimum Gasteiger partial charge on any atom is -0.444 e. The van der Waals surface area contributed by atoms with Gasteiger partial charge in [-0.05, 0) is 45.7 Å². The largest absolute Gasteiger partial charge is 0.444 e. The molecule has 1 amide bonds. The van der Waals surface area contributed by atoms with Crippen molar-refractivity contribution in [2.24, 2.45) is 0 Å². The van der Waals surface area contributed by atoms with Crippen molar-refractivity contribution in [3.05, 3.63) is 28.5 Å². The number of pyridine rings is 1. The first kappa shape index (κ1) is 14.1. The lowest BCUT2D eigenvalue weighted by molar-refractivity contribution is 0.0523. The predicted octanol–water partition coefficient (Wildman–Crippen LogP) is 3.42. The van der Waals surface area contributed by atoms with Crippen LogP contribution in [0.4, 0.5) is 4.79 Å². The Kier molecular flexibility index (Phi) is 3.72. The Balaban J connectivity index is 1.92. The molecule has 1 fully saturated rings. The van der Waals surface area contributed by atoms with Crippen molar-refractivity contribution < 1.29 is 9.53 Å². The Bertz CT molecular complexity index is 497. The van der Waals surface area contributed by atoms with Gasteiger partial charge in [0.2, 0.25) is 0 Å². The van der Waals surface area contributed by atoms with E-state index in [0.29, 0.717) is 5.15 Å². The summed E-state index contributed by atoms with van der Waals surface area (Å²) in [6.07, 6.45) is 0.500. The smallest absolute Gasteiger partial charge is 0.407 e. The number of rotatable bonds is 2. The highest BCUT2D eigenvalue weighted by Crippen LogP contribution is 2.43. The van der Waals surface area contributed by atoms with Crippen LogP contribution in [0.5, 0.6) is 0 Å². The van der Waals surface area contributed by atoms with Gasteiger partial charge in [-0.15, -0.1) is 0 Å².